The van der Waals surface area contributed by atoms with Crippen molar-refractivity contribution in [2.75, 3.05) is 27.3 Å². The van der Waals surface area contributed by atoms with Gasteiger partial charge < -0.3 is 19.4 Å². The van der Waals surface area contributed by atoms with Crippen molar-refractivity contribution < 1.29 is 18.7 Å². The van der Waals surface area contributed by atoms with Gasteiger partial charge in [0.05, 0.1) is 20.3 Å². The Hall–Kier alpha value is -3.98. The summed E-state index contributed by atoms with van der Waals surface area (Å²) in [5.74, 6) is 0.365. The van der Waals surface area contributed by atoms with Gasteiger partial charge in [-0.25, -0.2) is 4.39 Å². The molecule has 1 N–H and O–H groups in total. The first kappa shape index (κ1) is 25.7. The summed E-state index contributed by atoms with van der Waals surface area (Å²) in [5, 5.41) is 4.38. The zero-order valence-electron chi connectivity index (χ0n) is 21.9. The number of amides is 1. The quantitative estimate of drug-likeness (QED) is 0.377. The molecule has 38 heavy (non-hydrogen) atoms. The highest BCUT2D eigenvalue weighted by Gasteiger charge is 2.29. The molecule has 0 radical (unpaired) electrons. The maximum Gasteiger partial charge on any atom is 0.224 e. The summed E-state index contributed by atoms with van der Waals surface area (Å²) in [7, 11) is 5.08. The number of hydrogen-bond acceptors (Lipinski definition) is 6. The van der Waals surface area contributed by atoms with Gasteiger partial charge in [-0.2, -0.15) is 9.97 Å². The van der Waals surface area contributed by atoms with Crippen LogP contribution in [0.1, 0.15) is 35.8 Å². The first-order chi connectivity index (χ1) is 18.4. The molecule has 1 fully saturated rings. The van der Waals surface area contributed by atoms with E-state index in [-0.39, 0.29) is 17.6 Å². The smallest absolute Gasteiger partial charge is 0.224 e. The van der Waals surface area contributed by atoms with Gasteiger partial charge in [-0.3, -0.25) is 9.69 Å². The molecule has 1 amide bonds. The molecule has 4 aromatic rings. The second-order valence-electron chi connectivity index (χ2n) is 9.64. The van der Waals surface area contributed by atoms with Crippen LogP contribution < -0.4 is 14.8 Å². The van der Waals surface area contributed by atoms with E-state index in [1.54, 1.807) is 18.2 Å². The van der Waals surface area contributed by atoms with Crippen LogP contribution in [-0.2, 0) is 18.4 Å². The maximum atomic E-state index is 13.7. The number of aromatic nitrogens is 3. The Morgan fingerprint density at radius 2 is 1.71 bits per heavy atom. The van der Waals surface area contributed by atoms with Gasteiger partial charge in [0.25, 0.3) is 0 Å². The van der Waals surface area contributed by atoms with E-state index in [0.29, 0.717) is 23.1 Å². The van der Waals surface area contributed by atoms with Crippen LogP contribution in [0.3, 0.4) is 0 Å². The van der Waals surface area contributed by atoms with Crippen LogP contribution in [-0.4, -0.2) is 52.7 Å². The summed E-state index contributed by atoms with van der Waals surface area (Å²) < 4.78 is 26.4. The van der Waals surface area contributed by atoms with E-state index < -0.39 is 6.04 Å². The van der Waals surface area contributed by atoms with E-state index in [1.807, 2.05) is 0 Å². The fourth-order valence-electron chi connectivity index (χ4n) is 5.12. The number of likely N-dealkylation sites (tertiary alicyclic amines) is 1. The first-order valence-corrected chi connectivity index (χ1v) is 12.7. The van der Waals surface area contributed by atoms with E-state index in [4.69, 9.17) is 9.47 Å². The van der Waals surface area contributed by atoms with Gasteiger partial charge in [0.2, 0.25) is 17.7 Å². The summed E-state index contributed by atoms with van der Waals surface area (Å²) in [6.45, 7) is 2.50. The molecule has 9 heteroatoms. The Morgan fingerprint density at radius 1 is 1.05 bits per heavy atom. The number of para-hydroxylation sites is 1. The highest BCUT2D eigenvalue weighted by molar-refractivity contribution is 5.84. The van der Waals surface area contributed by atoms with Crippen LogP contribution in [0.2, 0.25) is 0 Å². The van der Waals surface area contributed by atoms with Crippen molar-refractivity contribution in [2.24, 2.45) is 13.0 Å². The molecule has 8 nitrogen and oxygen atoms in total. The van der Waals surface area contributed by atoms with Crippen molar-refractivity contribution in [3.8, 4) is 11.8 Å². The zero-order valence-corrected chi connectivity index (χ0v) is 21.9. The van der Waals surface area contributed by atoms with Gasteiger partial charge in [-0.1, -0.05) is 30.3 Å². The van der Waals surface area contributed by atoms with Crippen molar-refractivity contribution in [1.82, 2.24) is 24.8 Å². The molecule has 0 spiro atoms. The molecule has 5 rings (SSSR count). The molecule has 0 aliphatic carbocycles. The fraction of sp³-hybridized carbons (Fsp3) is 0.345. The molecule has 1 aliphatic heterocycles. The molecule has 3 heterocycles. The fourth-order valence-corrected chi connectivity index (χ4v) is 5.12. The highest BCUT2D eigenvalue weighted by atomic mass is 19.1. The number of rotatable bonds is 8. The first-order valence-electron chi connectivity index (χ1n) is 12.7. The summed E-state index contributed by atoms with van der Waals surface area (Å²) in [6.07, 6.45) is 3.68. The Labute approximate surface area is 221 Å². The average molecular weight is 518 g/mol. The van der Waals surface area contributed by atoms with Crippen LogP contribution in [0.5, 0.6) is 11.8 Å². The zero-order chi connectivity index (χ0) is 26.6. The van der Waals surface area contributed by atoms with E-state index in [0.717, 1.165) is 32.5 Å². The molecule has 2 aromatic carbocycles. The standard InChI is InChI=1S/C29H32FN5O3/c1-34-17-21(23-6-4-5-7-24(23)34)18-35-14-12-20(13-15-35)29(36)33-27(19-8-10-22(30)11-9-19)28-31-25(37-2)16-26(32-28)38-3/h4-11,16-17,20,27H,12-15,18H2,1-3H3,(H,33,36). The molecular weight excluding hydrogens is 485 g/mol. The Bertz CT molecular complexity index is 1390. The number of hydrogen-bond donors (Lipinski definition) is 1. The third kappa shape index (κ3) is 5.47. The number of fused-ring (bicyclic) bond motifs is 1. The van der Waals surface area contributed by atoms with Crippen LogP contribution in [0, 0.1) is 11.7 Å². The van der Waals surface area contributed by atoms with Gasteiger partial charge in [-0.15, -0.1) is 0 Å². The molecule has 198 valence electrons. The number of ether oxygens (including phenoxy) is 2. The number of piperidine rings is 1. The second kappa shape index (κ2) is 11.2. The molecule has 1 unspecified atom stereocenters. The summed E-state index contributed by atoms with van der Waals surface area (Å²) in [6, 6.07) is 15.3. The van der Waals surface area contributed by atoms with Gasteiger partial charge >= 0.3 is 0 Å². The number of nitrogens with zero attached hydrogens (tertiary/aromatic N) is 4. The van der Waals surface area contributed by atoms with Crippen molar-refractivity contribution in [3.05, 3.63) is 83.6 Å². The number of carbonyl (C=O) groups excluding carboxylic acids is 1. The average Bonchev–Trinajstić information content (AvgIpc) is 3.27. The van der Waals surface area contributed by atoms with Gasteiger partial charge in [0.1, 0.15) is 11.9 Å². The summed E-state index contributed by atoms with van der Waals surface area (Å²) >= 11 is 0. The molecule has 1 atom stereocenters. The van der Waals surface area contributed by atoms with Crippen LogP contribution in [0.4, 0.5) is 4.39 Å². The van der Waals surface area contributed by atoms with E-state index in [1.165, 1.54) is 42.8 Å². The number of benzene rings is 2. The predicted octanol–water partition coefficient (Wildman–Crippen LogP) is 4.24. The molecule has 2 aromatic heterocycles. The molecular formula is C29H32FN5O3. The molecule has 1 aliphatic rings. The lowest BCUT2D eigenvalue weighted by atomic mass is 9.94. The number of aryl methyl sites for hydroxylation is 1. The Kier molecular flexibility index (Phi) is 7.55. The molecule has 0 bridgehead atoms. The predicted molar refractivity (Wildman–Crippen MR) is 142 cm³/mol. The lowest BCUT2D eigenvalue weighted by Gasteiger charge is -2.32. The highest BCUT2D eigenvalue weighted by Crippen LogP contribution is 2.28. The third-order valence-electron chi connectivity index (χ3n) is 7.19. The maximum absolute atomic E-state index is 13.7. The van der Waals surface area contributed by atoms with Gasteiger partial charge in [0.15, 0.2) is 5.82 Å². The number of halogens is 1. The minimum atomic E-state index is -0.680. The number of methoxy groups -OCH3 is 2. The third-order valence-corrected chi connectivity index (χ3v) is 7.19. The largest absolute Gasteiger partial charge is 0.481 e. The Balaban J connectivity index is 1.29. The molecule has 0 saturated carbocycles. The number of carbonyl (C=O) groups is 1. The summed E-state index contributed by atoms with van der Waals surface area (Å²) in [5.41, 5.74) is 3.19. The van der Waals surface area contributed by atoms with Crippen molar-refractivity contribution in [3.63, 3.8) is 0 Å². The topological polar surface area (TPSA) is 81.5 Å². The minimum absolute atomic E-state index is 0.0745. The van der Waals surface area contributed by atoms with Gasteiger partial charge in [0, 0.05) is 36.6 Å². The number of nitrogens with one attached hydrogen (secondary N) is 1. The van der Waals surface area contributed by atoms with E-state index in [9.17, 15) is 9.18 Å². The lowest BCUT2D eigenvalue weighted by Crippen LogP contribution is -2.41. The van der Waals surface area contributed by atoms with Crippen molar-refractivity contribution >= 4 is 16.8 Å². The summed E-state index contributed by atoms with van der Waals surface area (Å²) in [4.78, 5) is 24.8. The monoisotopic (exact) mass is 517 g/mol. The van der Waals surface area contributed by atoms with Crippen molar-refractivity contribution in [1.29, 1.82) is 0 Å². The SMILES string of the molecule is COc1cc(OC)nc(C(NC(=O)C2CCN(Cc3cn(C)c4ccccc34)CC2)c2ccc(F)cc2)n1. The molecule has 1 saturated heterocycles. The van der Waals surface area contributed by atoms with Gasteiger partial charge in [-0.05, 0) is 55.3 Å². The normalized spacial score (nSPS) is 15.4. The Morgan fingerprint density at radius 3 is 2.37 bits per heavy atom. The van der Waals surface area contributed by atoms with E-state index in [2.05, 4.69) is 62.3 Å². The van der Waals surface area contributed by atoms with Crippen molar-refractivity contribution in [2.45, 2.75) is 25.4 Å². The van der Waals surface area contributed by atoms with Crippen LogP contribution in [0.25, 0.3) is 10.9 Å². The van der Waals surface area contributed by atoms with Crippen LogP contribution in [0.15, 0.2) is 60.8 Å². The lowest BCUT2D eigenvalue weighted by molar-refractivity contribution is -0.127. The minimum Gasteiger partial charge on any atom is -0.481 e. The van der Waals surface area contributed by atoms with E-state index >= 15 is 0 Å². The van der Waals surface area contributed by atoms with Crippen LogP contribution >= 0.6 is 0 Å². The second-order valence-corrected chi connectivity index (χ2v) is 9.64.